The molecule has 4 saturated heterocycles. The molecule has 41 heavy (non-hydrogen) atoms. The second-order valence-corrected chi connectivity index (χ2v) is 12.7. The molecule has 9 nitrogen and oxygen atoms in total. The molecule has 1 aromatic carbocycles. The lowest BCUT2D eigenvalue weighted by Gasteiger charge is -2.53. The highest BCUT2D eigenvalue weighted by Crippen LogP contribution is 2.51. The molecule has 5 aliphatic heterocycles. The minimum Gasteiger partial charge on any atom is -0.382 e. The Kier molecular flexibility index (Phi) is 8.05. The van der Waals surface area contributed by atoms with Crippen molar-refractivity contribution in [2.75, 3.05) is 44.6 Å². The molecule has 226 valence electrons. The van der Waals surface area contributed by atoms with Gasteiger partial charge in [0.05, 0.1) is 25.0 Å². The summed E-state index contributed by atoms with van der Waals surface area (Å²) >= 11 is 0. The van der Waals surface area contributed by atoms with Crippen LogP contribution in [-0.2, 0) is 4.74 Å². The predicted octanol–water partition coefficient (Wildman–Crippen LogP) is 2.87. The number of alkyl halides is 3. The maximum atomic E-state index is 14.4. The number of piperidine rings is 1. The van der Waals surface area contributed by atoms with Crippen LogP contribution in [0, 0.1) is 17.3 Å². The molecule has 1 saturated carbocycles. The number of benzene rings is 1. The van der Waals surface area contributed by atoms with Crippen LogP contribution in [0.4, 0.5) is 18.9 Å². The van der Waals surface area contributed by atoms with Gasteiger partial charge in [-0.2, -0.15) is 13.2 Å². The number of ether oxygens (including phenoxy) is 1. The molecule has 5 fully saturated rings. The van der Waals surface area contributed by atoms with Gasteiger partial charge in [0.15, 0.2) is 0 Å². The number of halogens is 3. The van der Waals surface area contributed by atoms with Crippen molar-refractivity contribution in [2.24, 2.45) is 22.2 Å². The predicted molar refractivity (Wildman–Crippen MR) is 150 cm³/mol. The first-order valence-electron chi connectivity index (χ1n) is 15.0. The van der Waals surface area contributed by atoms with Crippen LogP contribution in [0.2, 0.25) is 0 Å². The number of amides is 1. The van der Waals surface area contributed by atoms with Gasteiger partial charge in [0.25, 0.3) is 5.91 Å². The van der Waals surface area contributed by atoms with Gasteiger partial charge in [-0.05, 0) is 49.3 Å². The molecule has 0 aromatic heterocycles. The molecule has 7 atom stereocenters. The number of carbonyl (C=O) groups excluding carboxylic acids is 1. The van der Waals surface area contributed by atoms with E-state index in [0.717, 1.165) is 38.0 Å². The average Bonchev–Trinajstić information content (AvgIpc) is 3.25. The summed E-state index contributed by atoms with van der Waals surface area (Å²) in [6.07, 6.45) is 1.47. The first-order valence-corrected chi connectivity index (χ1v) is 15.0. The van der Waals surface area contributed by atoms with E-state index in [1.807, 2.05) is 12.3 Å². The van der Waals surface area contributed by atoms with Crippen molar-refractivity contribution >= 4 is 17.8 Å². The van der Waals surface area contributed by atoms with Crippen LogP contribution in [0.25, 0.3) is 0 Å². The second kappa shape index (κ2) is 11.4. The summed E-state index contributed by atoms with van der Waals surface area (Å²) < 4.78 is 49.3. The number of fused-ring (bicyclic) bond motifs is 8. The maximum absolute atomic E-state index is 14.4. The van der Waals surface area contributed by atoms with Gasteiger partial charge >= 0.3 is 6.18 Å². The first-order chi connectivity index (χ1) is 19.7. The number of carbonyl (C=O) groups is 1. The lowest BCUT2D eigenvalue weighted by atomic mass is 9.62. The molecule has 5 N–H and O–H groups in total. The Morgan fingerprint density at radius 2 is 2.07 bits per heavy atom. The Labute approximate surface area is 239 Å². The molecule has 0 spiro atoms. The Balaban J connectivity index is 1.07. The number of anilines is 1. The maximum Gasteiger partial charge on any atom is 0.406 e. The van der Waals surface area contributed by atoms with E-state index < -0.39 is 17.6 Å². The molecule has 6 aliphatic rings. The number of hydrogen-bond donors (Lipinski definition) is 5. The van der Waals surface area contributed by atoms with E-state index in [1.54, 1.807) is 18.2 Å². The van der Waals surface area contributed by atoms with Crippen LogP contribution >= 0.6 is 0 Å². The van der Waals surface area contributed by atoms with Gasteiger partial charge in [-0.25, -0.2) is 10.9 Å². The minimum absolute atomic E-state index is 0.0124. The molecular weight excluding hydrogens is 535 g/mol. The molecule has 1 aromatic rings. The zero-order valence-corrected chi connectivity index (χ0v) is 23.6. The number of rotatable bonds is 6. The third kappa shape index (κ3) is 5.73. The van der Waals surface area contributed by atoms with Crippen molar-refractivity contribution in [1.82, 2.24) is 26.4 Å². The minimum atomic E-state index is -4.38. The summed E-state index contributed by atoms with van der Waals surface area (Å²) in [5.41, 5.74) is 5.90. The van der Waals surface area contributed by atoms with E-state index in [0.29, 0.717) is 44.0 Å². The van der Waals surface area contributed by atoms with Crippen molar-refractivity contribution in [3.05, 3.63) is 29.8 Å². The van der Waals surface area contributed by atoms with E-state index in [1.165, 1.54) is 0 Å². The van der Waals surface area contributed by atoms with Gasteiger partial charge < -0.3 is 20.7 Å². The molecular formula is C29H42F3N7O2. The van der Waals surface area contributed by atoms with Gasteiger partial charge in [0.1, 0.15) is 5.54 Å². The zero-order chi connectivity index (χ0) is 28.7. The van der Waals surface area contributed by atoms with Crippen molar-refractivity contribution in [1.29, 1.82) is 0 Å². The molecule has 2 bridgehead atoms. The van der Waals surface area contributed by atoms with Gasteiger partial charge in [0.2, 0.25) is 0 Å². The Morgan fingerprint density at radius 3 is 2.93 bits per heavy atom. The molecule has 12 heteroatoms. The van der Waals surface area contributed by atoms with Gasteiger partial charge in [-0.3, -0.25) is 14.7 Å². The van der Waals surface area contributed by atoms with Crippen molar-refractivity contribution in [2.45, 2.75) is 75.6 Å². The average molecular weight is 578 g/mol. The summed E-state index contributed by atoms with van der Waals surface area (Å²) in [5.74, 6) is -0.750. The fourth-order valence-electron chi connectivity index (χ4n) is 7.65. The normalized spacial score (nSPS) is 37.4. The highest BCUT2D eigenvalue weighted by Gasteiger charge is 2.62. The number of hydrazine groups is 1. The third-order valence-electron chi connectivity index (χ3n) is 9.99. The SMILES string of the molecule is CC12CCCCC(C(F)(F)F)(NC1)C(CNC(=O)c1cccc(NCC3NNC4C5CCN=CC5OCCN34)c1)C2. The molecule has 5 heterocycles. The highest BCUT2D eigenvalue weighted by molar-refractivity contribution is 5.95. The van der Waals surface area contributed by atoms with Gasteiger partial charge in [-0.15, -0.1) is 0 Å². The van der Waals surface area contributed by atoms with Crippen molar-refractivity contribution in [3.8, 4) is 0 Å². The van der Waals surface area contributed by atoms with Crippen LogP contribution in [-0.4, -0.2) is 86.5 Å². The summed E-state index contributed by atoms with van der Waals surface area (Å²) in [6.45, 7) is 5.23. The molecule has 7 unspecified atom stereocenters. The van der Waals surface area contributed by atoms with Crippen molar-refractivity contribution in [3.63, 3.8) is 0 Å². The van der Waals surface area contributed by atoms with Crippen LogP contribution in [0.1, 0.15) is 55.8 Å². The fourth-order valence-corrected chi connectivity index (χ4v) is 7.65. The van der Waals surface area contributed by atoms with Crippen molar-refractivity contribution < 1.29 is 22.7 Å². The fraction of sp³-hybridized carbons (Fsp3) is 0.724. The lowest BCUT2D eigenvalue weighted by Crippen LogP contribution is -2.69. The second-order valence-electron chi connectivity index (χ2n) is 12.7. The Morgan fingerprint density at radius 1 is 1.22 bits per heavy atom. The van der Waals surface area contributed by atoms with E-state index >= 15 is 0 Å². The number of hydrogen-bond acceptors (Lipinski definition) is 8. The van der Waals surface area contributed by atoms with E-state index in [2.05, 4.69) is 43.6 Å². The third-order valence-corrected chi connectivity index (χ3v) is 9.99. The summed E-state index contributed by atoms with van der Waals surface area (Å²) in [7, 11) is 0. The molecule has 1 aliphatic carbocycles. The number of nitrogens with zero attached hydrogens (tertiary/aromatic N) is 2. The van der Waals surface area contributed by atoms with E-state index in [9.17, 15) is 18.0 Å². The Bertz CT molecular complexity index is 1140. The number of nitrogens with one attached hydrogen (secondary N) is 5. The molecule has 1 amide bonds. The standard InChI is InChI=1S/C29H42F3N7O2/c1-27-8-2-3-9-28(36-18-27,29(30,31)32)20(14-27)15-35-26(40)19-5-4-6-21(13-19)34-17-24-37-38-25-22-7-10-33-16-23(22)41-12-11-39(24)25/h4-6,13,16,20,22-25,34,36-38H,2-3,7-12,14-15,17-18H2,1H3,(H,35,40). The first kappa shape index (κ1) is 28.9. The molecule has 7 rings (SSSR count). The summed E-state index contributed by atoms with van der Waals surface area (Å²) in [4.78, 5) is 19.9. The zero-order valence-electron chi connectivity index (χ0n) is 23.6. The summed E-state index contributed by atoms with van der Waals surface area (Å²) in [5, 5.41) is 9.18. The monoisotopic (exact) mass is 577 g/mol. The molecule has 0 radical (unpaired) electrons. The van der Waals surface area contributed by atoms with E-state index in [4.69, 9.17) is 4.74 Å². The highest BCUT2D eigenvalue weighted by atomic mass is 19.4. The van der Waals surface area contributed by atoms with Gasteiger partial charge in [0, 0.05) is 62.0 Å². The van der Waals surface area contributed by atoms with Crippen LogP contribution in [0.15, 0.2) is 29.3 Å². The van der Waals surface area contributed by atoms with E-state index in [-0.39, 0.29) is 42.7 Å². The Hall–Kier alpha value is -2.25. The van der Waals surface area contributed by atoms with Crippen LogP contribution in [0.5, 0.6) is 0 Å². The van der Waals surface area contributed by atoms with Crippen LogP contribution in [0.3, 0.4) is 0 Å². The summed E-state index contributed by atoms with van der Waals surface area (Å²) in [6, 6.07) is 7.15. The van der Waals surface area contributed by atoms with Crippen LogP contribution < -0.4 is 26.8 Å². The topological polar surface area (TPSA) is 102 Å². The largest absolute Gasteiger partial charge is 0.406 e. The number of aliphatic imine (C=N–C) groups is 1. The lowest BCUT2D eigenvalue weighted by molar-refractivity contribution is -0.231. The van der Waals surface area contributed by atoms with Gasteiger partial charge in [-0.1, -0.05) is 25.8 Å². The quantitative estimate of drug-likeness (QED) is 0.355. The smallest absolute Gasteiger partial charge is 0.382 e.